The second-order valence-corrected chi connectivity index (χ2v) is 3.61. The Morgan fingerprint density at radius 1 is 1.60 bits per heavy atom. The number of halogens is 1. The van der Waals surface area contributed by atoms with Crippen LogP contribution in [0.1, 0.15) is 30.2 Å². The fourth-order valence-corrected chi connectivity index (χ4v) is 1.70. The maximum absolute atomic E-state index is 5.29. The van der Waals surface area contributed by atoms with Gasteiger partial charge < -0.3 is 4.42 Å². The van der Waals surface area contributed by atoms with Crippen molar-refractivity contribution in [3.8, 4) is 0 Å². The van der Waals surface area contributed by atoms with Crippen LogP contribution in [0.3, 0.4) is 0 Å². The van der Waals surface area contributed by atoms with E-state index < -0.39 is 0 Å². The summed E-state index contributed by atoms with van der Waals surface area (Å²) < 4.78 is 6.07. The number of hydrogen-bond acceptors (Lipinski definition) is 2. The molecule has 2 rings (SSSR count). The van der Waals surface area contributed by atoms with E-state index in [1.807, 2.05) is 6.92 Å². The first-order chi connectivity index (χ1) is 4.77. The van der Waals surface area contributed by atoms with Crippen molar-refractivity contribution in [2.24, 2.45) is 0 Å². The first kappa shape index (κ1) is 6.64. The molecule has 1 saturated carbocycles. The molecule has 0 amide bonds. The molecule has 1 aromatic heterocycles. The van der Waals surface area contributed by atoms with Crippen molar-refractivity contribution in [2.75, 3.05) is 0 Å². The highest BCUT2D eigenvalue weighted by Crippen LogP contribution is 2.41. The van der Waals surface area contributed by atoms with E-state index in [2.05, 4.69) is 27.6 Å². The molecule has 0 atom stereocenters. The minimum atomic E-state index is 0.715. The molecule has 0 aliphatic heterocycles. The summed E-state index contributed by atoms with van der Waals surface area (Å²) in [5.41, 5.74) is 1.18. The highest BCUT2D eigenvalue weighted by atomic mass is 127. The second kappa shape index (κ2) is 2.22. The van der Waals surface area contributed by atoms with Crippen molar-refractivity contribution in [3.05, 3.63) is 15.4 Å². The molecular weight excluding hydrogens is 241 g/mol. The summed E-state index contributed by atoms with van der Waals surface area (Å²) in [6.07, 6.45) is 2.59. The predicted octanol–water partition coefficient (Wildman–Crippen LogP) is 2.47. The number of nitrogens with zero attached hydrogens (tertiary/aromatic N) is 1. The molecule has 1 heterocycles. The van der Waals surface area contributed by atoms with Crippen LogP contribution in [0.2, 0.25) is 0 Å². The zero-order valence-corrected chi connectivity index (χ0v) is 7.88. The van der Waals surface area contributed by atoms with Gasteiger partial charge in [0, 0.05) is 28.5 Å². The Hall–Kier alpha value is -0.0600. The number of rotatable bonds is 1. The van der Waals surface area contributed by atoms with Crippen LogP contribution in [0, 0.1) is 10.8 Å². The summed E-state index contributed by atoms with van der Waals surface area (Å²) >= 11 is 2.11. The minimum Gasteiger partial charge on any atom is -0.437 e. The topological polar surface area (TPSA) is 26.0 Å². The summed E-state index contributed by atoms with van der Waals surface area (Å²) in [5.74, 6) is 1.72. The van der Waals surface area contributed by atoms with E-state index in [1.165, 1.54) is 18.5 Å². The lowest BCUT2D eigenvalue weighted by Gasteiger charge is -1.86. The molecule has 0 N–H and O–H groups in total. The van der Waals surface area contributed by atoms with Crippen LogP contribution >= 0.6 is 22.6 Å². The van der Waals surface area contributed by atoms with Gasteiger partial charge in [-0.1, -0.05) is 0 Å². The molecule has 3 heteroatoms. The van der Waals surface area contributed by atoms with Crippen LogP contribution in [-0.2, 0) is 0 Å². The monoisotopic (exact) mass is 249 g/mol. The molecule has 10 heavy (non-hydrogen) atoms. The Morgan fingerprint density at radius 2 is 2.30 bits per heavy atom. The summed E-state index contributed by atoms with van der Waals surface area (Å²) in [6, 6.07) is 0. The zero-order chi connectivity index (χ0) is 7.14. The SMILES string of the molecule is Cc1oc(I)nc1C1CC1. The third kappa shape index (κ3) is 1.07. The maximum Gasteiger partial charge on any atom is 0.257 e. The van der Waals surface area contributed by atoms with Gasteiger partial charge in [-0.3, -0.25) is 0 Å². The van der Waals surface area contributed by atoms with Crippen LogP contribution in [0.25, 0.3) is 0 Å². The highest BCUT2D eigenvalue weighted by molar-refractivity contribution is 14.1. The lowest BCUT2D eigenvalue weighted by atomic mass is 10.2. The van der Waals surface area contributed by atoms with Gasteiger partial charge in [-0.2, -0.15) is 0 Å². The largest absolute Gasteiger partial charge is 0.437 e. The average Bonchev–Trinajstić information content (AvgIpc) is 2.61. The van der Waals surface area contributed by atoms with Crippen molar-refractivity contribution >= 4 is 22.6 Å². The standard InChI is InChI=1S/C7H8INO/c1-4-6(5-2-3-5)9-7(8)10-4/h5H,2-3H2,1H3. The summed E-state index contributed by atoms with van der Waals surface area (Å²) in [5, 5.41) is 0. The van der Waals surface area contributed by atoms with Crippen LogP contribution in [-0.4, -0.2) is 4.98 Å². The molecule has 0 spiro atoms. The molecule has 1 aromatic rings. The summed E-state index contributed by atoms with van der Waals surface area (Å²) in [7, 11) is 0. The predicted molar refractivity (Wildman–Crippen MR) is 45.9 cm³/mol. The van der Waals surface area contributed by atoms with E-state index in [-0.39, 0.29) is 0 Å². The molecule has 0 saturated heterocycles. The quantitative estimate of drug-likeness (QED) is 0.714. The van der Waals surface area contributed by atoms with E-state index in [9.17, 15) is 0 Å². The number of oxazole rings is 1. The van der Waals surface area contributed by atoms with Gasteiger partial charge in [-0.25, -0.2) is 4.98 Å². The molecule has 0 aromatic carbocycles. The van der Waals surface area contributed by atoms with Gasteiger partial charge in [0.1, 0.15) is 5.76 Å². The number of aryl methyl sites for hydroxylation is 1. The number of hydrogen-bond donors (Lipinski definition) is 0. The van der Waals surface area contributed by atoms with Crippen molar-refractivity contribution in [3.63, 3.8) is 0 Å². The van der Waals surface area contributed by atoms with Crippen molar-refractivity contribution in [1.82, 2.24) is 4.98 Å². The maximum atomic E-state index is 5.29. The first-order valence-corrected chi connectivity index (χ1v) is 4.48. The smallest absolute Gasteiger partial charge is 0.257 e. The first-order valence-electron chi connectivity index (χ1n) is 3.40. The fraction of sp³-hybridized carbons (Fsp3) is 0.571. The molecule has 1 aliphatic rings. The van der Waals surface area contributed by atoms with Gasteiger partial charge in [-0.15, -0.1) is 0 Å². The van der Waals surface area contributed by atoms with E-state index >= 15 is 0 Å². The molecule has 0 radical (unpaired) electrons. The van der Waals surface area contributed by atoms with Crippen LogP contribution in [0.15, 0.2) is 4.42 Å². The third-order valence-electron chi connectivity index (χ3n) is 1.77. The van der Waals surface area contributed by atoms with E-state index in [1.54, 1.807) is 0 Å². The summed E-state index contributed by atoms with van der Waals surface area (Å²) in [4.78, 5) is 4.29. The van der Waals surface area contributed by atoms with E-state index in [4.69, 9.17) is 4.42 Å². The van der Waals surface area contributed by atoms with Gasteiger partial charge in [0.15, 0.2) is 0 Å². The Morgan fingerprint density at radius 3 is 2.70 bits per heavy atom. The lowest BCUT2D eigenvalue weighted by Crippen LogP contribution is -1.80. The Balaban J connectivity index is 2.38. The van der Waals surface area contributed by atoms with Gasteiger partial charge >= 0.3 is 0 Å². The van der Waals surface area contributed by atoms with Crippen LogP contribution in [0.5, 0.6) is 0 Å². The van der Waals surface area contributed by atoms with Crippen molar-refractivity contribution in [1.29, 1.82) is 0 Å². The summed E-state index contributed by atoms with van der Waals surface area (Å²) in [6.45, 7) is 1.99. The molecule has 2 nitrogen and oxygen atoms in total. The van der Waals surface area contributed by atoms with Crippen molar-refractivity contribution in [2.45, 2.75) is 25.7 Å². The van der Waals surface area contributed by atoms with Crippen LogP contribution in [0.4, 0.5) is 0 Å². The normalized spacial score (nSPS) is 17.8. The highest BCUT2D eigenvalue weighted by Gasteiger charge is 2.28. The Labute approximate surface area is 73.2 Å². The van der Waals surface area contributed by atoms with E-state index in [0.717, 1.165) is 9.66 Å². The third-order valence-corrected chi connectivity index (χ3v) is 2.23. The van der Waals surface area contributed by atoms with Crippen molar-refractivity contribution < 1.29 is 4.42 Å². The van der Waals surface area contributed by atoms with Crippen LogP contribution < -0.4 is 0 Å². The van der Waals surface area contributed by atoms with Gasteiger partial charge in [-0.05, 0) is 19.8 Å². The zero-order valence-electron chi connectivity index (χ0n) is 5.72. The molecule has 0 unspecified atom stereocenters. The number of aromatic nitrogens is 1. The Bertz CT molecular complexity index is 252. The van der Waals surface area contributed by atoms with Gasteiger partial charge in [0.2, 0.25) is 0 Å². The minimum absolute atomic E-state index is 0.715. The second-order valence-electron chi connectivity index (χ2n) is 2.68. The molecule has 1 aliphatic carbocycles. The molecule has 1 fully saturated rings. The lowest BCUT2D eigenvalue weighted by molar-refractivity contribution is 0.495. The molecule has 54 valence electrons. The average molecular weight is 249 g/mol. The van der Waals surface area contributed by atoms with Gasteiger partial charge in [0.25, 0.3) is 3.90 Å². The molecular formula is C7H8INO. The van der Waals surface area contributed by atoms with Gasteiger partial charge in [0.05, 0.1) is 5.69 Å². The Kier molecular flexibility index (Phi) is 1.47. The van der Waals surface area contributed by atoms with E-state index in [0.29, 0.717) is 5.92 Å². The fourth-order valence-electron chi connectivity index (χ4n) is 1.11. The molecule has 0 bridgehead atoms.